The van der Waals surface area contributed by atoms with Crippen LogP contribution < -0.4 is 5.32 Å². The summed E-state index contributed by atoms with van der Waals surface area (Å²) >= 11 is 1.86. The Morgan fingerprint density at radius 2 is 2.07 bits per heavy atom. The molecule has 1 N–H and O–H groups in total. The predicted octanol–water partition coefficient (Wildman–Crippen LogP) is 3.52. The molecule has 0 amide bonds. The summed E-state index contributed by atoms with van der Waals surface area (Å²) in [6.45, 7) is 1.04. The van der Waals surface area contributed by atoms with Gasteiger partial charge in [-0.3, -0.25) is 0 Å². The zero-order chi connectivity index (χ0) is 9.80. The molecule has 2 heteroatoms. The summed E-state index contributed by atoms with van der Waals surface area (Å²) in [7, 11) is 2.03. The highest BCUT2D eigenvalue weighted by Crippen LogP contribution is 2.35. The van der Waals surface area contributed by atoms with Crippen LogP contribution in [0.1, 0.15) is 49.1 Å². The van der Waals surface area contributed by atoms with Gasteiger partial charge in [-0.15, -0.1) is 0 Å². The third-order valence-electron chi connectivity index (χ3n) is 3.19. The molecule has 2 rings (SSSR count). The molecule has 0 atom stereocenters. The number of nitrogens with one attached hydrogen (secondary N) is 1. The quantitative estimate of drug-likeness (QED) is 0.803. The zero-order valence-corrected chi connectivity index (χ0v) is 9.70. The van der Waals surface area contributed by atoms with E-state index in [1.807, 2.05) is 18.4 Å². The molecule has 0 radical (unpaired) electrons. The molecule has 1 saturated carbocycles. The summed E-state index contributed by atoms with van der Waals surface area (Å²) in [4.78, 5) is 0. The summed E-state index contributed by atoms with van der Waals surface area (Å²) < 4.78 is 0. The SMILES string of the molecule is CNCc1cscc1C1CCCCC1. The molecule has 0 spiro atoms. The van der Waals surface area contributed by atoms with E-state index in [1.165, 1.54) is 37.7 Å². The standard InChI is InChI=1S/C12H19NS/c1-13-7-11-8-14-9-12(11)10-5-3-2-4-6-10/h8-10,13H,2-7H2,1H3. The Morgan fingerprint density at radius 1 is 1.29 bits per heavy atom. The maximum absolute atomic E-state index is 3.26. The lowest BCUT2D eigenvalue weighted by molar-refractivity contribution is 0.442. The molecule has 0 bridgehead atoms. The van der Waals surface area contributed by atoms with Crippen molar-refractivity contribution in [2.24, 2.45) is 0 Å². The van der Waals surface area contributed by atoms with Crippen molar-refractivity contribution in [2.75, 3.05) is 7.05 Å². The second-order valence-corrected chi connectivity index (χ2v) is 4.96. The third-order valence-corrected chi connectivity index (χ3v) is 4.00. The van der Waals surface area contributed by atoms with Crippen molar-refractivity contribution in [2.45, 2.75) is 44.6 Å². The van der Waals surface area contributed by atoms with Crippen LogP contribution >= 0.6 is 11.3 Å². The first-order valence-electron chi connectivity index (χ1n) is 5.61. The van der Waals surface area contributed by atoms with E-state index in [-0.39, 0.29) is 0 Å². The minimum absolute atomic E-state index is 0.860. The Labute approximate surface area is 90.5 Å². The highest BCUT2D eigenvalue weighted by molar-refractivity contribution is 7.08. The fourth-order valence-corrected chi connectivity index (χ4v) is 3.38. The summed E-state index contributed by atoms with van der Waals surface area (Å²) in [5, 5.41) is 7.93. The minimum Gasteiger partial charge on any atom is -0.316 e. The molecule has 1 aromatic heterocycles. The van der Waals surface area contributed by atoms with Gasteiger partial charge in [0.05, 0.1) is 0 Å². The van der Waals surface area contributed by atoms with Crippen molar-refractivity contribution in [3.63, 3.8) is 0 Å². The van der Waals surface area contributed by atoms with Crippen LogP contribution in [-0.4, -0.2) is 7.05 Å². The fourth-order valence-electron chi connectivity index (χ4n) is 2.44. The van der Waals surface area contributed by atoms with Gasteiger partial charge in [0.2, 0.25) is 0 Å². The Balaban J connectivity index is 2.09. The fraction of sp³-hybridized carbons (Fsp3) is 0.667. The molecular formula is C12H19NS. The molecule has 0 saturated heterocycles. The monoisotopic (exact) mass is 209 g/mol. The van der Waals surface area contributed by atoms with Gasteiger partial charge >= 0.3 is 0 Å². The van der Waals surface area contributed by atoms with Crippen LogP contribution in [0.5, 0.6) is 0 Å². The van der Waals surface area contributed by atoms with E-state index in [1.54, 1.807) is 5.56 Å². The maximum Gasteiger partial charge on any atom is 0.0213 e. The second kappa shape index (κ2) is 4.94. The molecule has 14 heavy (non-hydrogen) atoms. The van der Waals surface area contributed by atoms with Gasteiger partial charge in [0.15, 0.2) is 0 Å². The van der Waals surface area contributed by atoms with Crippen molar-refractivity contribution >= 4 is 11.3 Å². The molecule has 1 aliphatic carbocycles. The maximum atomic E-state index is 3.26. The van der Waals surface area contributed by atoms with Crippen molar-refractivity contribution in [1.29, 1.82) is 0 Å². The average molecular weight is 209 g/mol. The topological polar surface area (TPSA) is 12.0 Å². The van der Waals surface area contributed by atoms with Gasteiger partial charge < -0.3 is 5.32 Å². The van der Waals surface area contributed by atoms with E-state index >= 15 is 0 Å². The van der Waals surface area contributed by atoms with Crippen LogP contribution in [0.2, 0.25) is 0 Å². The normalized spacial score (nSPS) is 18.6. The Morgan fingerprint density at radius 3 is 2.79 bits per heavy atom. The lowest BCUT2D eigenvalue weighted by Crippen LogP contribution is -2.10. The van der Waals surface area contributed by atoms with Gasteiger partial charge in [-0.1, -0.05) is 19.3 Å². The van der Waals surface area contributed by atoms with Crippen molar-refractivity contribution < 1.29 is 0 Å². The molecule has 1 aromatic rings. The molecule has 1 nitrogen and oxygen atoms in total. The van der Waals surface area contributed by atoms with E-state index in [0.717, 1.165) is 12.5 Å². The van der Waals surface area contributed by atoms with Gasteiger partial charge in [-0.05, 0) is 47.7 Å². The molecular weight excluding hydrogens is 190 g/mol. The van der Waals surface area contributed by atoms with Crippen molar-refractivity contribution in [3.8, 4) is 0 Å². The van der Waals surface area contributed by atoms with E-state index < -0.39 is 0 Å². The molecule has 0 aliphatic heterocycles. The van der Waals surface area contributed by atoms with Crippen LogP contribution in [0.3, 0.4) is 0 Å². The van der Waals surface area contributed by atoms with Gasteiger partial charge in [-0.2, -0.15) is 11.3 Å². The van der Waals surface area contributed by atoms with E-state index in [2.05, 4.69) is 16.1 Å². The zero-order valence-electron chi connectivity index (χ0n) is 8.88. The van der Waals surface area contributed by atoms with E-state index in [4.69, 9.17) is 0 Å². The van der Waals surface area contributed by atoms with Crippen molar-refractivity contribution in [1.82, 2.24) is 5.32 Å². The van der Waals surface area contributed by atoms with Gasteiger partial charge in [0, 0.05) is 6.54 Å². The smallest absolute Gasteiger partial charge is 0.0213 e. The summed E-state index contributed by atoms with van der Waals surface area (Å²) in [6.07, 6.45) is 7.13. The van der Waals surface area contributed by atoms with E-state index in [9.17, 15) is 0 Å². The summed E-state index contributed by atoms with van der Waals surface area (Å²) in [5.41, 5.74) is 3.16. The third kappa shape index (κ3) is 2.18. The highest BCUT2D eigenvalue weighted by atomic mass is 32.1. The first-order valence-corrected chi connectivity index (χ1v) is 6.55. The molecule has 0 unspecified atom stereocenters. The molecule has 0 aromatic carbocycles. The second-order valence-electron chi connectivity index (χ2n) is 4.22. The van der Waals surface area contributed by atoms with Gasteiger partial charge in [0.1, 0.15) is 0 Å². The Hall–Kier alpha value is -0.340. The van der Waals surface area contributed by atoms with Crippen LogP contribution in [0.25, 0.3) is 0 Å². The Kier molecular flexibility index (Phi) is 3.60. The number of hydrogen-bond donors (Lipinski definition) is 1. The average Bonchev–Trinajstić information content (AvgIpc) is 2.68. The summed E-state index contributed by atoms with van der Waals surface area (Å²) in [6, 6.07) is 0. The first-order chi connectivity index (χ1) is 6.92. The number of thiophene rings is 1. The first kappa shape index (κ1) is 10.2. The van der Waals surface area contributed by atoms with E-state index in [0.29, 0.717) is 0 Å². The molecule has 78 valence electrons. The predicted molar refractivity (Wildman–Crippen MR) is 62.9 cm³/mol. The van der Waals surface area contributed by atoms with Gasteiger partial charge in [-0.25, -0.2) is 0 Å². The van der Waals surface area contributed by atoms with Crippen LogP contribution in [0.4, 0.5) is 0 Å². The number of hydrogen-bond acceptors (Lipinski definition) is 2. The van der Waals surface area contributed by atoms with Crippen molar-refractivity contribution in [3.05, 3.63) is 21.9 Å². The largest absolute Gasteiger partial charge is 0.316 e. The minimum atomic E-state index is 0.860. The lowest BCUT2D eigenvalue weighted by atomic mass is 9.84. The molecule has 1 heterocycles. The Bertz CT molecular complexity index is 274. The summed E-state index contributed by atoms with van der Waals surface area (Å²) in [5.74, 6) is 0.860. The number of rotatable bonds is 3. The van der Waals surface area contributed by atoms with Crippen LogP contribution in [0, 0.1) is 0 Å². The molecule has 1 aliphatic rings. The lowest BCUT2D eigenvalue weighted by Gasteiger charge is -2.22. The van der Waals surface area contributed by atoms with Crippen LogP contribution in [0.15, 0.2) is 10.8 Å². The van der Waals surface area contributed by atoms with Gasteiger partial charge in [0.25, 0.3) is 0 Å². The van der Waals surface area contributed by atoms with Crippen LogP contribution in [-0.2, 0) is 6.54 Å². The highest BCUT2D eigenvalue weighted by Gasteiger charge is 2.18. The molecule has 1 fully saturated rings.